The summed E-state index contributed by atoms with van der Waals surface area (Å²) in [6, 6.07) is 5.44. The highest BCUT2D eigenvalue weighted by atomic mass is 79.9. The molecule has 0 radical (unpaired) electrons. The Kier molecular flexibility index (Phi) is 3.80. The van der Waals surface area contributed by atoms with E-state index in [2.05, 4.69) is 21.0 Å². The second-order valence-electron chi connectivity index (χ2n) is 4.38. The zero-order chi connectivity index (χ0) is 14.2. The molecule has 2 aromatic rings. The van der Waals surface area contributed by atoms with Crippen molar-refractivity contribution in [3.05, 3.63) is 40.6 Å². The highest BCUT2D eigenvalue weighted by Gasteiger charge is 2.14. The largest absolute Gasteiger partial charge is 0.324 e. The number of halogens is 1. The molecule has 0 aliphatic rings. The van der Waals surface area contributed by atoms with Gasteiger partial charge in [-0.2, -0.15) is 5.10 Å². The Hall–Kier alpha value is -1.18. The second kappa shape index (κ2) is 5.07. The molecule has 0 bridgehead atoms. The average Bonchev–Trinajstić information content (AvgIpc) is 2.77. The first-order valence-electron chi connectivity index (χ1n) is 5.59. The van der Waals surface area contributed by atoms with Gasteiger partial charge in [0, 0.05) is 23.0 Å². The maximum atomic E-state index is 11.5. The van der Waals surface area contributed by atoms with Crippen LogP contribution in [0.3, 0.4) is 0 Å². The van der Waals surface area contributed by atoms with Gasteiger partial charge in [0.25, 0.3) is 0 Å². The summed E-state index contributed by atoms with van der Waals surface area (Å²) >= 11 is 3.39. The monoisotopic (exact) mass is 343 g/mol. The molecule has 1 atom stereocenters. The van der Waals surface area contributed by atoms with Gasteiger partial charge in [-0.15, -0.1) is 0 Å². The van der Waals surface area contributed by atoms with E-state index in [0.29, 0.717) is 0 Å². The van der Waals surface area contributed by atoms with Gasteiger partial charge in [-0.25, -0.2) is 13.1 Å². The maximum absolute atomic E-state index is 11.5. The average molecular weight is 344 g/mol. The number of hydrogen-bond donors (Lipinski definition) is 1. The standard InChI is InChI=1S/C12H14BrN3O2S/c1-8(14)11-5-9(13)3-4-12(11)16-7-10(6-15-16)19(2,17)18/h3-8H,14H2,1-2H3. The Morgan fingerprint density at radius 2 is 2.11 bits per heavy atom. The normalized spacial score (nSPS) is 13.5. The number of aromatic nitrogens is 2. The molecule has 1 aromatic heterocycles. The van der Waals surface area contributed by atoms with E-state index in [4.69, 9.17) is 5.73 Å². The fourth-order valence-corrected chi connectivity index (χ4v) is 2.64. The Morgan fingerprint density at radius 3 is 2.63 bits per heavy atom. The summed E-state index contributed by atoms with van der Waals surface area (Å²) in [5.74, 6) is 0. The van der Waals surface area contributed by atoms with E-state index in [1.165, 1.54) is 17.1 Å². The van der Waals surface area contributed by atoms with Gasteiger partial charge in [0.05, 0.1) is 11.9 Å². The van der Waals surface area contributed by atoms with E-state index in [-0.39, 0.29) is 10.9 Å². The lowest BCUT2D eigenvalue weighted by Gasteiger charge is -2.13. The van der Waals surface area contributed by atoms with Gasteiger partial charge in [-0.05, 0) is 30.7 Å². The molecule has 0 aliphatic carbocycles. The molecule has 2 N–H and O–H groups in total. The molecule has 0 spiro atoms. The van der Waals surface area contributed by atoms with E-state index < -0.39 is 9.84 Å². The summed E-state index contributed by atoms with van der Waals surface area (Å²) in [6.07, 6.45) is 3.98. The van der Waals surface area contributed by atoms with Gasteiger partial charge in [0.2, 0.25) is 0 Å². The molecule has 1 heterocycles. The van der Waals surface area contributed by atoms with Crippen LogP contribution in [0.1, 0.15) is 18.5 Å². The zero-order valence-corrected chi connectivity index (χ0v) is 12.9. The van der Waals surface area contributed by atoms with Gasteiger partial charge in [0.1, 0.15) is 4.90 Å². The minimum Gasteiger partial charge on any atom is -0.324 e. The summed E-state index contributed by atoms with van der Waals surface area (Å²) in [7, 11) is -3.26. The molecule has 0 aliphatic heterocycles. The number of nitrogens with zero attached hydrogens (tertiary/aromatic N) is 2. The Morgan fingerprint density at radius 1 is 1.42 bits per heavy atom. The summed E-state index contributed by atoms with van der Waals surface area (Å²) in [4.78, 5) is 0.186. The van der Waals surface area contributed by atoms with Crippen LogP contribution in [-0.2, 0) is 9.84 Å². The molecular weight excluding hydrogens is 330 g/mol. The molecule has 0 fully saturated rings. The van der Waals surface area contributed by atoms with Crippen molar-refractivity contribution in [2.24, 2.45) is 5.73 Å². The Labute approximate surface area is 120 Å². The lowest BCUT2D eigenvalue weighted by atomic mass is 10.1. The molecular formula is C12H14BrN3O2S. The predicted octanol–water partition coefficient (Wildman–Crippen LogP) is 2.06. The maximum Gasteiger partial charge on any atom is 0.178 e. The first-order valence-corrected chi connectivity index (χ1v) is 8.27. The van der Waals surface area contributed by atoms with E-state index in [9.17, 15) is 8.42 Å². The van der Waals surface area contributed by atoms with Crippen LogP contribution in [0.4, 0.5) is 0 Å². The number of sulfone groups is 1. The summed E-state index contributed by atoms with van der Waals surface area (Å²) < 4.78 is 25.4. The third-order valence-electron chi connectivity index (χ3n) is 2.71. The molecule has 19 heavy (non-hydrogen) atoms. The molecule has 1 unspecified atom stereocenters. The Bertz CT molecular complexity index is 708. The predicted molar refractivity (Wildman–Crippen MR) is 77.0 cm³/mol. The highest BCUT2D eigenvalue weighted by molar-refractivity contribution is 9.10. The zero-order valence-electron chi connectivity index (χ0n) is 10.5. The van der Waals surface area contributed by atoms with Crippen molar-refractivity contribution in [1.82, 2.24) is 9.78 Å². The van der Waals surface area contributed by atoms with Crippen molar-refractivity contribution in [2.45, 2.75) is 17.9 Å². The molecule has 0 saturated heterocycles. The smallest absolute Gasteiger partial charge is 0.178 e. The summed E-state index contributed by atoms with van der Waals surface area (Å²) in [6.45, 7) is 1.87. The number of benzene rings is 1. The van der Waals surface area contributed by atoms with E-state index in [0.717, 1.165) is 22.0 Å². The first kappa shape index (κ1) is 14.2. The lowest BCUT2D eigenvalue weighted by molar-refractivity contribution is 0.602. The number of hydrogen-bond acceptors (Lipinski definition) is 4. The van der Waals surface area contributed by atoms with Crippen LogP contribution in [0.2, 0.25) is 0 Å². The van der Waals surface area contributed by atoms with Gasteiger partial charge in [-0.3, -0.25) is 0 Å². The molecule has 1 aromatic carbocycles. The first-order chi connectivity index (χ1) is 8.79. The molecule has 102 valence electrons. The van der Waals surface area contributed by atoms with Crippen LogP contribution >= 0.6 is 15.9 Å². The van der Waals surface area contributed by atoms with Crippen molar-refractivity contribution < 1.29 is 8.42 Å². The quantitative estimate of drug-likeness (QED) is 0.925. The third-order valence-corrected chi connectivity index (χ3v) is 4.27. The van der Waals surface area contributed by atoms with Crippen molar-refractivity contribution in [3.63, 3.8) is 0 Å². The van der Waals surface area contributed by atoms with E-state index in [1.807, 2.05) is 25.1 Å². The fraction of sp³-hybridized carbons (Fsp3) is 0.250. The van der Waals surface area contributed by atoms with Crippen molar-refractivity contribution in [2.75, 3.05) is 6.26 Å². The second-order valence-corrected chi connectivity index (χ2v) is 7.32. The minimum atomic E-state index is -3.26. The van der Waals surface area contributed by atoms with Gasteiger partial charge < -0.3 is 5.73 Å². The van der Waals surface area contributed by atoms with Crippen molar-refractivity contribution in [1.29, 1.82) is 0 Å². The highest BCUT2D eigenvalue weighted by Crippen LogP contribution is 2.24. The van der Waals surface area contributed by atoms with Crippen molar-refractivity contribution >= 4 is 25.8 Å². The molecule has 5 nitrogen and oxygen atoms in total. The number of nitrogens with two attached hydrogens (primary N) is 1. The van der Waals surface area contributed by atoms with Crippen LogP contribution < -0.4 is 5.73 Å². The van der Waals surface area contributed by atoms with Gasteiger partial charge >= 0.3 is 0 Å². The Balaban J connectivity index is 2.56. The molecule has 0 saturated carbocycles. The lowest BCUT2D eigenvalue weighted by Crippen LogP contribution is -2.10. The van der Waals surface area contributed by atoms with Crippen LogP contribution in [0.15, 0.2) is 40.0 Å². The van der Waals surface area contributed by atoms with E-state index in [1.54, 1.807) is 0 Å². The SMILES string of the molecule is CC(N)c1cc(Br)ccc1-n1cc(S(C)(=O)=O)cn1. The van der Waals surface area contributed by atoms with Crippen LogP contribution in [0, 0.1) is 0 Å². The van der Waals surface area contributed by atoms with Crippen molar-refractivity contribution in [3.8, 4) is 5.69 Å². The van der Waals surface area contributed by atoms with Gasteiger partial charge in [-0.1, -0.05) is 15.9 Å². The third kappa shape index (κ3) is 3.05. The van der Waals surface area contributed by atoms with Crippen LogP contribution in [0.25, 0.3) is 5.69 Å². The number of rotatable bonds is 3. The molecule has 2 rings (SSSR count). The molecule has 7 heteroatoms. The minimum absolute atomic E-state index is 0.182. The van der Waals surface area contributed by atoms with Gasteiger partial charge in [0.15, 0.2) is 9.84 Å². The van der Waals surface area contributed by atoms with Crippen LogP contribution in [-0.4, -0.2) is 24.5 Å². The summed E-state index contributed by atoms with van der Waals surface area (Å²) in [5, 5.41) is 4.09. The topological polar surface area (TPSA) is 78.0 Å². The fourth-order valence-electron chi connectivity index (χ4n) is 1.73. The van der Waals surface area contributed by atoms with Crippen LogP contribution in [0.5, 0.6) is 0 Å². The summed E-state index contributed by atoms with van der Waals surface area (Å²) in [5.41, 5.74) is 7.59. The molecule has 0 amide bonds. The van der Waals surface area contributed by atoms with E-state index >= 15 is 0 Å².